The van der Waals surface area contributed by atoms with E-state index in [0.29, 0.717) is 12.8 Å². The molecule has 9 heteroatoms. The Hall–Kier alpha value is -0.670. The summed E-state index contributed by atoms with van der Waals surface area (Å²) in [5.74, 6) is -0.106. The predicted octanol–water partition coefficient (Wildman–Crippen LogP) is -0.258. The van der Waals surface area contributed by atoms with E-state index in [4.69, 9.17) is 0 Å². The van der Waals surface area contributed by atoms with Gasteiger partial charge in [-0.2, -0.15) is 0 Å². The number of hydrogen-bond donors (Lipinski definition) is 1. The van der Waals surface area contributed by atoms with Crippen LogP contribution in [0.5, 0.6) is 0 Å². The van der Waals surface area contributed by atoms with Crippen molar-refractivity contribution in [3.05, 3.63) is 0 Å². The van der Waals surface area contributed by atoms with Gasteiger partial charge in [0.2, 0.25) is 15.9 Å². The van der Waals surface area contributed by atoms with Gasteiger partial charge in [0, 0.05) is 26.1 Å². The molecule has 1 rings (SSSR count). The van der Waals surface area contributed by atoms with Crippen molar-refractivity contribution in [3.63, 3.8) is 0 Å². The van der Waals surface area contributed by atoms with E-state index in [9.17, 15) is 21.6 Å². The molecule has 1 unspecified atom stereocenters. The fourth-order valence-electron chi connectivity index (χ4n) is 2.35. The van der Waals surface area contributed by atoms with Crippen molar-refractivity contribution in [2.75, 3.05) is 30.3 Å². The van der Waals surface area contributed by atoms with E-state index < -0.39 is 19.9 Å². The molecule has 1 fully saturated rings. The molecule has 0 aromatic heterocycles. The highest BCUT2D eigenvalue weighted by Gasteiger charge is 2.33. The monoisotopic (exact) mass is 340 g/mol. The first-order valence-corrected chi connectivity index (χ1v) is 10.6. The molecule has 1 atom stereocenters. The van der Waals surface area contributed by atoms with E-state index in [0.717, 1.165) is 6.42 Å². The maximum atomic E-state index is 11.7. The number of carbonyl (C=O) groups is 1. The molecule has 0 spiro atoms. The third-order valence-electron chi connectivity index (χ3n) is 3.49. The summed E-state index contributed by atoms with van der Waals surface area (Å²) < 4.78 is 48.7. The summed E-state index contributed by atoms with van der Waals surface area (Å²) in [6.07, 6.45) is 1.80. The largest absolute Gasteiger partial charge is 0.338 e. The van der Waals surface area contributed by atoms with Crippen LogP contribution in [0.4, 0.5) is 0 Å². The van der Waals surface area contributed by atoms with Crippen molar-refractivity contribution in [2.24, 2.45) is 0 Å². The van der Waals surface area contributed by atoms with Gasteiger partial charge in [-0.3, -0.25) is 4.79 Å². The smallest absolute Gasteiger partial charge is 0.219 e. The van der Waals surface area contributed by atoms with Crippen molar-refractivity contribution in [2.45, 2.75) is 39.2 Å². The maximum absolute atomic E-state index is 11.7. The van der Waals surface area contributed by atoms with Gasteiger partial charge in [0.05, 0.1) is 17.3 Å². The van der Waals surface area contributed by atoms with Crippen molar-refractivity contribution < 1.29 is 21.6 Å². The third kappa shape index (κ3) is 6.31. The number of rotatable bonds is 8. The zero-order valence-electron chi connectivity index (χ0n) is 12.5. The van der Waals surface area contributed by atoms with Gasteiger partial charge < -0.3 is 4.90 Å². The lowest BCUT2D eigenvalue weighted by molar-refractivity contribution is -0.130. The van der Waals surface area contributed by atoms with Crippen LogP contribution < -0.4 is 4.72 Å². The minimum absolute atomic E-state index is 0.0326. The molecule has 1 saturated heterocycles. The Morgan fingerprint density at radius 2 is 2.05 bits per heavy atom. The maximum Gasteiger partial charge on any atom is 0.219 e. The molecule has 1 N–H and O–H groups in total. The predicted molar refractivity (Wildman–Crippen MR) is 81.1 cm³/mol. The Morgan fingerprint density at radius 1 is 1.38 bits per heavy atom. The number of amides is 1. The summed E-state index contributed by atoms with van der Waals surface area (Å²) >= 11 is 0. The molecule has 1 heterocycles. The summed E-state index contributed by atoms with van der Waals surface area (Å²) in [7, 11) is -6.39. The second kappa shape index (κ2) is 7.55. The van der Waals surface area contributed by atoms with Gasteiger partial charge in [0.1, 0.15) is 0 Å². The lowest BCUT2D eigenvalue weighted by Gasteiger charge is -2.27. The van der Waals surface area contributed by atoms with Crippen LogP contribution >= 0.6 is 0 Å². The van der Waals surface area contributed by atoms with Gasteiger partial charge in [-0.05, 0) is 12.8 Å². The molecule has 1 aliphatic rings. The second-order valence-corrected chi connectivity index (χ2v) is 9.49. The van der Waals surface area contributed by atoms with E-state index in [1.807, 2.05) is 6.92 Å². The Bertz CT molecular complexity index is 556. The normalized spacial score (nSPS) is 21.3. The summed E-state index contributed by atoms with van der Waals surface area (Å²) in [5.41, 5.74) is 0. The summed E-state index contributed by atoms with van der Waals surface area (Å²) in [6, 6.07) is -0.340. The van der Waals surface area contributed by atoms with Gasteiger partial charge in [-0.15, -0.1) is 0 Å². The first-order valence-electron chi connectivity index (χ1n) is 7.12. The Balaban J connectivity index is 2.52. The van der Waals surface area contributed by atoms with Crippen LogP contribution in [0.3, 0.4) is 0 Å². The Labute approximate surface area is 127 Å². The lowest BCUT2D eigenvalue weighted by Crippen LogP contribution is -2.44. The van der Waals surface area contributed by atoms with Crippen molar-refractivity contribution >= 4 is 25.8 Å². The first-order chi connectivity index (χ1) is 9.67. The van der Waals surface area contributed by atoms with Gasteiger partial charge in [0.25, 0.3) is 0 Å². The Kier molecular flexibility index (Phi) is 6.61. The van der Waals surface area contributed by atoms with Crippen molar-refractivity contribution in [1.82, 2.24) is 9.62 Å². The molecule has 1 amide bonds. The molecule has 21 heavy (non-hydrogen) atoms. The zero-order valence-corrected chi connectivity index (χ0v) is 14.2. The molecule has 0 aromatic carbocycles. The van der Waals surface area contributed by atoms with Gasteiger partial charge in [-0.1, -0.05) is 13.3 Å². The van der Waals surface area contributed by atoms with E-state index in [-0.39, 0.29) is 42.3 Å². The van der Waals surface area contributed by atoms with E-state index in [2.05, 4.69) is 4.72 Å². The van der Waals surface area contributed by atoms with Crippen molar-refractivity contribution in [1.29, 1.82) is 0 Å². The second-order valence-electron chi connectivity index (χ2n) is 5.34. The van der Waals surface area contributed by atoms with E-state index in [1.54, 1.807) is 0 Å². The molecular formula is C12H24N2O5S2. The molecule has 0 saturated carbocycles. The number of sulfonamides is 1. The number of hydrogen-bond acceptors (Lipinski definition) is 5. The quantitative estimate of drug-likeness (QED) is 0.656. The summed E-state index contributed by atoms with van der Waals surface area (Å²) in [4.78, 5) is 13.1. The average Bonchev–Trinajstić information content (AvgIpc) is 2.72. The molecule has 0 aliphatic carbocycles. The number of unbranched alkanes of at least 4 members (excludes halogenated alkanes) is 1. The topological polar surface area (TPSA) is 101 Å². The SMILES string of the molecule is CCCCS(=O)(=O)NCCN(C(C)=O)C1CCS(=O)(=O)C1. The van der Waals surface area contributed by atoms with E-state index in [1.165, 1.54) is 11.8 Å². The van der Waals surface area contributed by atoms with Crippen LogP contribution in [-0.4, -0.2) is 64.0 Å². The van der Waals surface area contributed by atoms with Gasteiger partial charge in [-0.25, -0.2) is 21.6 Å². The third-order valence-corrected chi connectivity index (χ3v) is 6.72. The first kappa shape index (κ1) is 18.4. The van der Waals surface area contributed by atoms with Crippen LogP contribution in [0.1, 0.15) is 33.1 Å². The molecule has 7 nitrogen and oxygen atoms in total. The Morgan fingerprint density at radius 3 is 2.52 bits per heavy atom. The van der Waals surface area contributed by atoms with Crippen LogP contribution in [0.2, 0.25) is 0 Å². The molecule has 0 aromatic rings. The minimum Gasteiger partial charge on any atom is -0.338 e. The van der Waals surface area contributed by atoms with Gasteiger partial charge in [0.15, 0.2) is 9.84 Å². The van der Waals surface area contributed by atoms with Crippen LogP contribution in [0.15, 0.2) is 0 Å². The highest BCUT2D eigenvalue weighted by Crippen LogP contribution is 2.17. The standard InChI is InChI=1S/C12H24N2O5S2/c1-3-4-8-21(18,19)13-6-7-14(11(2)15)12-5-9-20(16,17)10-12/h12-13H,3-10H2,1-2H3. The summed E-state index contributed by atoms with van der Waals surface area (Å²) in [5, 5.41) is 0. The number of nitrogens with one attached hydrogen (secondary N) is 1. The molecular weight excluding hydrogens is 316 g/mol. The van der Waals surface area contributed by atoms with Gasteiger partial charge >= 0.3 is 0 Å². The van der Waals surface area contributed by atoms with E-state index >= 15 is 0 Å². The molecule has 0 bridgehead atoms. The zero-order chi connectivity index (χ0) is 16.1. The summed E-state index contributed by atoms with van der Waals surface area (Å²) in [6.45, 7) is 3.59. The minimum atomic E-state index is -3.32. The highest BCUT2D eigenvalue weighted by atomic mass is 32.2. The fraction of sp³-hybridized carbons (Fsp3) is 0.917. The molecule has 124 valence electrons. The van der Waals surface area contributed by atoms with Crippen LogP contribution in [-0.2, 0) is 24.7 Å². The molecule has 1 aliphatic heterocycles. The number of carbonyl (C=O) groups excluding carboxylic acids is 1. The lowest BCUT2D eigenvalue weighted by atomic mass is 10.2. The number of sulfone groups is 1. The van der Waals surface area contributed by atoms with Crippen LogP contribution in [0, 0.1) is 0 Å². The molecule has 0 radical (unpaired) electrons. The van der Waals surface area contributed by atoms with Crippen LogP contribution in [0.25, 0.3) is 0 Å². The highest BCUT2D eigenvalue weighted by molar-refractivity contribution is 7.91. The number of nitrogens with zero attached hydrogens (tertiary/aromatic N) is 1. The average molecular weight is 340 g/mol. The fourth-order valence-corrected chi connectivity index (χ4v) is 5.29. The van der Waals surface area contributed by atoms with Crippen molar-refractivity contribution in [3.8, 4) is 0 Å².